The predicted molar refractivity (Wildman–Crippen MR) is 94.1 cm³/mol. The van der Waals surface area contributed by atoms with Crippen LogP contribution in [0, 0.1) is 0 Å². The first kappa shape index (κ1) is 13.9. The van der Waals surface area contributed by atoms with Crippen LogP contribution in [0.1, 0.15) is 18.4 Å². The number of rotatable bonds is 4. The van der Waals surface area contributed by atoms with Gasteiger partial charge in [-0.25, -0.2) is 0 Å². The summed E-state index contributed by atoms with van der Waals surface area (Å²) in [5.41, 5.74) is 2.72. The minimum absolute atomic E-state index is 1.07. The lowest BCUT2D eigenvalue weighted by molar-refractivity contribution is 0.329. The van der Waals surface area contributed by atoms with Crippen LogP contribution in [0.4, 0.5) is 0 Å². The van der Waals surface area contributed by atoms with Crippen LogP contribution in [0.2, 0.25) is 0 Å². The molecule has 1 aliphatic heterocycles. The lowest BCUT2D eigenvalue weighted by Crippen LogP contribution is -2.18. The summed E-state index contributed by atoms with van der Waals surface area (Å²) in [5, 5.41) is 1.30. The number of hydrogen-bond donors (Lipinski definition) is 0. The van der Waals surface area contributed by atoms with Gasteiger partial charge in [-0.05, 0) is 61.6 Å². The summed E-state index contributed by atoms with van der Waals surface area (Å²) in [7, 11) is 0. The molecule has 3 aromatic rings. The highest BCUT2D eigenvalue weighted by Crippen LogP contribution is 2.30. The van der Waals surface area contributed by atoms with Crippen molar-refractivity contribution in [1.82, 2.24) is 8.87 Å². The number of benzene rings is 2. The molecule has 3 heteroatoms. The Morgan fingerprint density at radius 3 is 2.55 bits per heavy atom. The van der Waals surface area contributed by atoms with Crippen molar-refractivity contribution in [3.05, 3.63) is 66.4 Å². The summed E-state index contributed by atoms with van der Waals surface area (Å²) in [6, 6.07) is 19.6. The van der Waals surface area contributed by atoms with Gasteiger partial charge in [0.15, 0.2) is 0 Å². The molecule has 0 saturated carbocycles. The maximum Gasteiger partial charge on any atom is 0.0594 e. The molecule has 2 heterocycles. The van der Waals surface area contributed by atoms with Crippen molar-refractivity contribution in [2.45, 2.75) is 24.3 Å². The Morgan fingerprint density at radius 1 is 0.864 bits per heavy atom. The summed E-state index contributed by atoms with van der Waals surface area (Å²) in [6.07, 6.45) is 4.86. The highest BCUT2D eigenvalue weighted by molar-refractivity contribution is 7.98. The van der Waals surface area contributed by atoms with E-state index in [2.05, 4.69) is 69.7 Å². The number of nitrogens with zero attached hydrogens (tertiary/aromatic N) is 2. The van der Waals surface area contributed by atoms with Gasteiger partial charge in [0, 0.05) is 23.0 Å². The first-order chi connectivity index (χ1) is 10.9. The fourth-order valence-electron chi connectivity index (χ4n) is 3.15. The third kappa shape index (κ3) is 2.79. The summed E-state index contributed by atoms with van der Waals surface area (Å²) in [5.74, 6) is 0. The highest BCUT2D eigenvalue weighted by Gasteiger charge is 2.14. The van der Waals surface area contributed by atoms with Crippen molar-refractivity contribution in [3.8, 4) is 0 Å². The molecule has 0 amide bonds. The predicted octanol–water partition coefficient (Wildman–Crippen LogP) is 4.79. The van der Waals surface area contributed by atoms with Crippen molar-refractivity contribution in [3.63, 3.8) is 0 Å². The first-order valence-electron chi connectivity index (χ1n) is 7.95. The minimum atomic E-state index is 1.07. The van der Waals surface area contributed by atoms with Gasteiger partial charge in [0.1, 0.15) is 0 Å². The van der Waals surface area contributed by atoms with Crippen LogP contribution in [0.25, 0.3) is 10.9 Å². The monoisotopic (exact) mass is 308 g/mol. The summed E-state index contributed by atoms with van der Waals surface area (Å²) >= 11 is 1.82. The van der Waals surface area contributed by atoms with E-state index in [9.17, 15) is 0 Å². The van der Waals surface area contributed by atoms with Gasteiger partial charge in [0.25, 0.3) is 0 Å². The molecule has 112 valence electrons. The zero-order valence-electron chi connectivity index (χ0n) is 12.6. The number of para-hydroxylation sites is 1. The third-order valence-electron chi connectivity index (χ3n) is 4.33. The van der Waals surface area contributed by atoms with Crippen LogP contribution in [0.5, 0.6) is 0 Å². The molecule has 1 aromatic heterocycles. The van der Waals surface area contributed by atoms with E-state index in [1.165, 1.54) is 47.3 Å². The van der Waals surface area contributed by atoms with Crippen molar-refractivity contribution in [2.75, 3.05) is 13.1 Å². The maximum absolute atomic E-state index is 2.56. The average molecular weight is 308 g/mol. The first-order valence-corrected chi connectivity index (χ1v) is 8.72. The molecule has 0 bridgehead atoms. The largest absolute Gasteiger partial charge is 0.299 e. The number of hydrogen-bond acceptors (Lipinski definition) is 2. The van der Waals surface area contributed by atoms with Crippen molar-refractivity contribution in [2.24, 2.45) is 0 Å². The smallest absolute Gasteiger partial charge is 0.0594 e. The Labute approximate surface area is 135 Å². The molecule has 0 radical (unpaired) electrons. The van der Waals surface area contributed by atoms with Crippen LogP contribution in [0.15, 0.2) is 65.7 Å². The van der Waals surface area contributed by atoms with Crippen LogP contribution >= 0.6 is 11.9 Å². The second-order valence-corrected chi connectivity index (χ2v) is 6.90. The molecule has 0 unspecified atom stereocenters. The topological polar surface area (TPSA) is 8.17 Å². The molecular weight excluding hydrogens is 288 g/mol. The lowest BCUT2D eigenvalue weighted by atomic mass is 10.2. The fraction of sp³-hybridized carbons (Fsp3) is 0.263. The Kier molecular flexibility index (Phi) is 3.92. The van der Waals surface area contributed by atoms with E-state index in [0.717, 1.165) is 6.54 Å². The second kappa shape index (κ2) is 6.19. The van der Waals surface area contributed by atoms with E-state index in [-0.39, 0.29) is 0 Å². The molecule has 22 heavy (non-hydrogen) atoms. The zero-order valence-corrected chi connectivity index (χ0v) is 13.4. The number of likely N-dealkylation sites (tertiary alicyclic amines) is 1. The molecule has 0 N–H and O–H groups in total. The maximum atomic E-state index is 2.56. The third-order valence-corrected chi connectivity index (χ3v) is 5.44. The normalized spacial score (nSPS) is 15.6. The van der Waals surface area contributed by atoms with E-state index in [4.69, 9.17) is 0 Å². The number of aromatic nitrogens is 1. The molecule has 4 rings (SSSR count). The Balaban J connectivity index is 1.62. The summed E-state index contributed by atoms with van der Waals surface area (Å²) < 4.78 is 2.28. The van der Waals surface area contributed by atoms with Crippen LogP contribution in [-0.2, 0) is 6.54 Å². The molecule has 0 atom stereocenters. The van der Waals surface area contributed by atoms with Gasteiger partial charge in [-0.3, -0.25) is 8.87 Å². The van der Waals surface area contributed by atoms with Crippen molar-refractivity contribution < 1.29 is 0 Å². The SMILES string of the molecule is c1ccc(Sn2ccc3ccccc32)c(CN2CCCC2)c1. The minimum Gasteiger partial charge on any atom is -0.299 e. The van der Waals surface area contributed by atoms with Gasteiger partial charge < -0.3 is 0 Å². The highest BCUT2D eigenvalue weighted by atomic mass is 32.2. The molecule has 0 aliphatic carbocycles. The Hall–Kier alpha value is -1.71. The Morgan fingerprint density at radius 2 is 1.64 bits per heavy atom. The fourth-order valence-corrected chi connectivity index (χ4v) is 4.14. The molecule has 1 aliphatic rings. The molecule has 2 nitrogen and oxygen atoms in total. The number of fused-ring (bicyclic) bond motifs is 1. The van der Waals surface area contributed by atoms with Gasteiger partial charge in [0.2, 0.25) is 0 Å². The van der Waals surface area contributed by atoms with E-state index < -0.39 is 0 Å². The zero-order chi connectivity index (χ0) is 14.8. The van der Waals surface area contributed by atoms with Crippen LogP contribution < -0.4 is 0 Å². The average Bonchev–Trinajstić information content (AvgIpc) is 3.20. The van der Waals surface area contributed by atoms with Gasteiger partial charge >= 0.3 is 0 Å². The summed E-state index contributed by atoms with van der Waals surface area (Å²) in [6.45, 7) is 3.55. The van der Waals surface area contributed by atoms with Crippen LogP contribution in [0.3, 0.4) is 0 Å². The summed E-state index contributed by atoms with van der Waals surface area (Å²) in [4.78, 5) is 3.92. The van der Waals surface area contributed by atoms with E-state index in [1.54, 1.807) is 0 Å². The second-order valence-electron chi connectivity index (χ2n) is 5.88. The van der Waals surface area contributed by atoms with E-state index in [1.807, 2.05) is 11.9 Å². The molecular formula is C19H20N2S. The molecule has 2 aromatic carbocycles. The quantitative estimate of drug-likeness (QED) is 0.684. The van der Waals surface area contributed by atoms with Gasteiger partial charge in [-0.15, -0.1) is 0 Å². The van der Waals surface area contributed by atoms with Crippen molar-refractivity contribution in [1.29, 1.82) is 0 Å². The molecule has 0 spiro atoms. The standard InChI is InChI=1S/C19H20N2S/c1-3-9-18-16(7-1)11-14-21(18)22-19-10-4-2-8-17(19)15-20-12-5-6-13-20/h1-4,7-11,14H,5-6,12-13,15H2. The van der Waals surface area contributed by atoms with Gasteiger partial charge in [0.05, 0.1) is 5.52 Å². The van der Waals surface area contributed by atoms with Gasteiger partial charge in [-0.2, -0.15) is 0 Å². The lowest BCUT2D eigenvalue weighted by Gasteiger charge is -2.17. The molecule has 1 fully saturated rings. The van der Waals surface area contributed by atoms with Gasteiger partial charge in [-0.1, -0.05) is 36.4 Å². The van der Waals surface area contributed by atoms with E-state index in [0.29, 0.717) is 0 Å². The van der Waals surface area contributed by atoms with Crippen LogP contribution in [-0.4, -0.2) is 22.0 Å². The van der Waals surface area contributed by atoms with Crippen molar-refractivity contribution >= 4 is 22.9 Å². The Bertz CT molecular complexity index is 772. The molecule has 1 saturated heterocycles. The van der Waals surface area contributed by atoms with E-state index >= 15 is 0 Å².